The van der Waals surface area contributed by atoms with E-state index in [9.17, 15) is 4.79 Å². The number of halogens is 1. The Morgan fingerprint density at radius 2 is 1.88 bits per heavy atom. The molecule has 1 unspecified atom stereocenters. The van der Waals surface area contributed by atoms with E-state index in [4.69, 9.17) is 16.3 Å². The maximum Gasteiger partial charge on any atom is 0.251 e. The number of hydrogen-bond donors (Lipinski definition) is 1. The van der Waals surface area contributed by atoms with Crippen molar-refractivity contribution in [3.8, 4) is 0 Å². The van der Waals surface area contributed by atoms with Crippen molar-refractivity contribution in [1.29, 1.82) is 0 Å². The molecular weight excluding hydrogens is 336 g/mol. The highest BCUT2D eigenvalue weighted by atomic mass is 35.5. The zero-order valence-electron chi connectivity index (χ0n) is 14.2. The van der Waals surface area contributed by atoms with Gasteiger partial charge in [0.25, 0.3) is 5.91 Å². The van der Waals surface area contributed by atoms with Crippen molar-refractivity contribution in [3.63, 3.8) is 0 Å². The van der Waals surface area contributed by atoms with Gasteiger partial charge in [-0.25, -0.2) is 0 Å². The van der Waals surface area contributed by atoms with E-state index in [1.54, 1.807) is 24.3 Å². The van der Waals surface area contributed by atoms with Gasteiger partial charge in [-0.1, -0.05) is 48.0 Å². The van der Waals surface area contributed by atoms with Crippen LogP contribution in [0.4, 0.5) is 0 Å². The van der Waals surface area contributed by atoms with E-state index in [2.05, 4.69) is 34.5 Å². The molecule has 3 rings (SSSR count). The van der Waals surface area contributed by atoms with E-state index in [1.807, 2.05) is 6.07 Å². The molecule has 1 N–H and O–H groups in total. The van der Waals surface area contributed by atoms with Crippen LogP contribution in [-0.2, 0) is 11.2 Å². The summed E-state index contributed by atoms with van der Waals surface area (Å²) in [7, 11) is 0. The lowest BCUT2D eigenvalue weighted by molar-refractivity contribution is 0.0167. The zero-order chi connectivity index (χ0) is 17.5. The summed E-state index contributed by atoms with van der Waals surface area (Å²) in [5.74, 6) is -0.0891. The van der Waals surface area contributed by atoms with Gasteiger partial charge in [-0.05, 0) is 30.2 Å². The van der Waals surface area contributed by atoms with E-state index < -0.39 is 0 Å². The van der Waals surface area contributed by atoms with Crippen LogP contribution in [0.2, 0.25) is 5.02 Å². The van der Waals surface area contributed by atoms with Gasteiger partial charge in [0.1, 0.15) is 0 Å². The second-order valence-electron chi connectivity index (χ2n) is 6.21. The van der Waals surface area contributed by atoms with Crippen LogP contribution < -0.4 is 5.32 Å². The van der Waals surface area contributed by atoms with Crippen molar-refractivity contribution >= 4 is 17.5 Å². The topological polar surface area (TPSA) is 41.6 Å². The summed E-state index contributed by atoms with van der Waals surface area (Å²) >= 11 is 5.98. The maximum atomic E-state index is 12.4. The smallest absolute Gasteiger partial charge is 0.251 e. The molecule has 1 amide bonds. The SMILES string of the molecule is O=C(NCC(Cc1ccccc1)N1CCOCC1)c1cccc(Cl)c1. The van der Waals surface area contributed by atoms with E-state index in [0.29, 0.717) is 17.1 Å². The number of rotatable bonds is 6. The van der Waals surface area contributed by atoms with Crippen LogP contribution in [-0.4, -0.2) is 49.7 Å². The molecule has 0 bridgehead atoms. The summed E-state index contributed by atoms with van der Waals surface area (Å²) in [4.78, 5) is 14.8. The normalized spacial score (nSPS) is 16.4. The lowest BCUT2D eigenvalue weighted by Gasteiger charge is -2.34. The van der Waals surface area contributed by atoms with Crippen molar-refractivity contribution in [2.75, 3.05) is 32.8 Å². The summed E-state index contributed by atoms with van der Waals surface area (Å²) in [6, 6.07) is 17.7. The first-order valence-corrected chi connectivity index (χ1v) is 8.99. The number of nitrogens with zero attached hydrogens (tertiary/aromatic N) is 1. The fourth-order valence-corrected chi connectivity index (χ4v) is 3.29. The average Bonchev–Trinajstić information content (AvgIpc) is 2.66. The minimum Gasteiger partial charge on any atom is -0.379 e. The molecule has 1 fully saturated rings. The highest BCUT2D eigenvalue weighted by Crippen LogP contribution is 2.13. The van der Waals surface area contributed by atoms with Crippen molar-refractivity contribution < 1.29 is 9.53 Å². The number of carbonyl (C=O) groups excluding carboxylic acids is 1. The summed E-state index contributed by atoms with van der Waals surface area (Å²) in [6.45, 7) is 3.87. The van der Waals surface area contributed by atoms with E-state index in [1.165, 1.54) is 5.56 Å². The fraction of sp³-hybridized carbons (Fsp3) is 0.350. The van der Waals surface area contributed by atoms with E-state index >= 15 is 0 Å². The molecule has 4 nitrogen and oxygen atoms in total. The number of nitrogens with one attached hydrogen (secondary N) is 1. The second kappa shape index (κ2) is 8.99. The third kappa shape index (κ3) is 5.30. The minimum absolute atomic E-state index is 0.0891. The molecule has 25 heavy (non-hydrogen) atoms. The van der Waals surface area contributed by atoms with Crippen LogP contribution in [0.1, 0.15) is 15.9 Å². The van der Waals surface area contributed by atoms with Crippen LogP contribution in [0.3, 0.4) is 0 Å². The molecule has 1 aliphatic rings. The summed E-state index contributed by atoms with van der Waals surface area (Å²) < 4.78 is 5.46. The predicted molar refractivity (Wildman–Crippen MR) is 100 cm³/mol. The molecule has 0 saturated carbocycles. The van der Waals surface area contributed by atoms with Crippen molar-refractivity contribution in [3.05, 3.63) is 70.7 Å². The van der Waals surface area contributed by atoms with Gasteiger partial charge in [-0.2, -0.15) is 0 Å². The largest absolute Gasteiger partial charge is 0.379 e. The average molecular weight is 359 g/mol. The Bertz CT molecular complexity index is 687. The molecule has 1 aliphatic heterocycles. The van der Waals surface area contributed by atoms with Gasteiger partial charge in [0.15, 0.2) is 0 Å². The third-order valence-electron chi connectivity index (χ3n) is 4.46. The standard InChI is InChI=1S/C20H23ClN2O2/c21-18-8-4-7-17(14-18)20(24)22-15-19(23-9-11-25-12-10-23)13-16-5-2-1-3-6-16/h1-8,14,19H,9-13,15H2,(H,22,24). The number of ether oxygens (including phenoxy) is 1. The molecule has 0 aromatic heterocycles. The fourth-order valence-electron chi connectivity index (χ4n) is 3.10. The third-order valence-corrected chi connectivity index (χ3v) is 4.70. The van der Waals surface area contributed by atoms with Gasteiger partial charge in [0.05, 0.1) is 13.2 Å². The summed E-state index contributed by atoms with van der Waals surface area (Å²) in [6.07, 6.45) is 0.899. The Morgan fingerprint density at radius 3 is 2.60 bits per heavy atom. The maximum absolute atomic E-state index is 12.4. The zero-order valence-corrected chi connectivity index (χ0v) is 14.9. The molecule has 2 aromatic rings. The van der Waals surface area contributed by atoms with E-state index in [0.717, 1.165) is 32.7 Å². The molecule has 0 aliphatic carbocycles. The first-order valence-electron chi connectivity index (χ1n) is 8.62. The van der Waals surface area contributed by atoms with Gasteiger partial charge in [0.2, 0.25) is 0 Å². The summed E-state index contributed by atoms with van der Waals surface area (Å²) in [5, 5.41) is 3.63. The Labute approximate surface area is 153 Å². The monoisotopic (exact) mass is 358 g/mol. The quantitative estimate of drug-likeness (QED) is 0.863. The second-order valence-corrected chi connectivity index (χ2v) is 6.65. The van der Waals surface area contributed by atoms with Crippen LogP contribution in [0.5, 0.6) is 0 Å². The minimum atomic E-state index is -0.0891. The Morgan fingerprint density at radius 1 is 1.12 bits per heavy atom. The molecule has 1 heterocycles. The van der Waals surface area contributed by atoms with Crippen LogP contribution >= 0.6 is 11.6 Å². The van der Waals surface area contributed by atoms with Crippen LogP contribution in [0.25, 0.3) is 0 Å². The van der Waals surface area contributed by atoms with E-state index in [-0.39, 0.29) is 11.9 Å². The van der Waals surface area contributed by atoms with Gasteiger partial charge in [0, 0.05) is 36.3 Å². The van der Waals surface area contributed by atoms with Gasteiger partial charge in [-0.3, -0.25) is 9.69 Å². The molecule has 132 valence electrons. The Balaban J connectivity index is 1.65. The number of hydrogen-bond acceptors (Lipinski definition) is 3. The summed E-state index contributed by atoms with van der Waals surface area (Å²) in [5.41, 5.74) is 1.86. The molecule has 0 radical (unpaired) electrons. The number of benzene rings is 2. The number of carbonyl (C=O) groups is 1. The highest BCUT2D eigenvalue weighted by molar-refractivity contribution is 6.30. The first-order chi connectivity index (χ1) is 12.2. The van der Waals surface area contributed by atoms with Crippen molar-refractivity contribution in [2.24, 2.45) is 0 Å². The molecule has 2 aromatic carbocycles. The van der Waals surface area contributed by atoms with Crippen molar-refractivity contribution in [1.82, 2.24) is 10.2 Å². The first kappa shape index (κ1) is 17.9. The van der Waals surface area contributed by atoms with Crippen molar-refractivity contribution in [2.45, 2.75) is 12.5 Å². The molecule has 1 saturated heterocycles. The molecule has 0 spiro atoms. The number of amides is 1. The van der Waals surface area contributed by atoms with Gasteiger partial charge < -0.3 is 10.1 Å². The Kier molecular flexibility index (Phi) is 6.45. The Hall–Kier alpha value is -1.88. The predicted octanol–water partition coefficient (Wildman–Crippen LogP) is 3.01. The number of morpholine rings is 1. The lowest BCUT2D eigenvalue weighted by Crippen LogP contribution is -2.49. The highest BCUT2D eigenvalue weighted by Gasteiger charge is 2.22. The molecular formula is C20H23ClN2O2. The van der Waals surface area contributed by atoms with Crippen LogP contribution in [0, 0.1) is 0 Å². The molecule has 5 heteroatoms. The van der Waals surface area contributed by atoms with Crippen LogP contribution in [0.15, 0.2) is 54.6 Å². The molecule has 1 atom stereocenters. The lowest BCUT2D eigenvalue weighted by atomic mass is 10.0. The van der Waals surface area contributed by atoms with Gasteiger partial charge >= 0.3 is 0 Å². The van der Waals surface area contributed by atoms with Gasteiger partial charge in [-0.15, -0.1) is 0 Å².